The molecule has 0 unspecified atom stereocenters. The summed E-state index contributed by atoms with van der Waals surface area (Å²) in [4.78, 5) is 0. The lowest BCUT2D eigenvalue weighted by atomic mass is 10.2. The fourth-order valence-electron chi connectivity index (χ4n) is 1.16. The van der Waals surface area contributed by atoms with Gasteiger partial charge in [-0.2, -0.15) is 0 Å². The second-order valence-corrected chi connectivity index (χ2v) is 3.74. The molecule has 0 atom stereocenters. The summed E-state index contributed by atoms with van der Waals surface area (Å²) >= 11 is 2.32. The molecular formula is C9H7IO. The van der Waals surface area contributed by atoms with E-state index in [9.17, 15) is 0 Å². The summed E-state index contributed by atoms with van der Waals surface area (Å²) in [6, 6.07) is 6.20. The third-order valence-corrected chi connectivity index (χ3v) is 2.56. The van der Waals surface area contributed by atoms with Gasteiger partial charge in [0, 0.05) is 8.96 Å². The molecule has 1 heterocycles. The van der Waals surface area contributed by atoms with Gasteiger partial charge in [-0.25, -0.2) is 0 Å². The van der Waals surface area contributed by atoms with Crippen molar-refractivity contribution >= 4 is 33.6 Å². The van der Waals surface area contributed by atoms with Gasteiger partial charge >= 0.3 is 0 Å². The SMILES string of the molecule is Cc1cc(I)c2ccoc2c1. The number of halogens is 1. The van der Waals surface area contributed by atoms with Gasteiger partial charge in [-0.1, -0.05) is 0 Å². The Balaban J connectivity index is 2.91. The van der Waals surface area contributed by atoms with Gasteiger partial charge in [-0.15, -0.1) is 0 Å². The van der Waals surface area contributed by atoms with Gasteiger partial charge in [0.2, 0.25) is 0 Å². The van der Waals surface area contributed by atoms with E-state index in [2.05, 4.69) is 41.6 Å². The Kier molecular flexibility index (Phi) is 1.64. The van der Waals surface area contributed by atoms with E-state index in [-0.39, 0.29) is 0 Å². The molecule has 0 N–H and O–H groups in total. The molecule has 11 heavy (non-hydrogen) atoms. The predicted molar refractivity (Wildman–Crippen MR) is 53.7 cm³/mol. The third kappa shape index (κ3) is 1.15. The van der Waals surface area contributed by atoms with Gasteiger partial charge in [0.25, 0.3) is 0 Å². The van der Waals surface area contributed by atoms with Crippen LogP contribution in [-0.4, -0.2) is 0 Å². The van der Waals surface area contributed by atoms with E-state index in [1.165, 1.54) is 14.5 Å². The number of hydrogen-bond acceptors (Lipinski definition) is 1. The zero-order valence-corrected chi connectivity index (χ0v) is 8.25. The zero-order chi connectivity index (χ0) is 7.84. The van der Waals surface area contributed by atoms with Crippen LogP contribution in [0.2, 0.25) is 0 Å². The Labute approximate surface area is 78.5 Å². The first-order valence-corrected chi connectivity index (χ1v) is 4.48. The molecule has 0 aliphatic rings. The van der Waals surface area contributed by atoms with Crippen LogP contribution in [0.25, 0.3) is 11.0 Å². The van der Waals surface area contributed by atoms with Crippen LogP contribution in [0.15, 0.2) is 28.9 Å². The molecule has 2 rings (SSSR count). The molecular weight excluding hydrogens is 251 g/mol. The van der Waals surface area contributed by atoms with Crippen molar-refractivity contribution in [3.05, 3.63) is 33.6 Å². The Morgan fingerprint density at radius 2 is 2.18 bits per heavy atom. The fraction of sp³-hybridized carbons (Fsp3) is 0.111. The van der Waals surface area contributed by atoms with Gasteiger partial charge in [-0.05, 0) is 53.3 Å². The van der Waals surface area contributed by atoms with Crippen molar-refractivity contribution in [2.24, 2.45) is 0 Å². The van der Waals surface area contributed by atoms with E-state index in [1.807, 2.05) is 6.07 Å². The summed E-state index contributed by atoms with van der Waals surface area (Å²) < 4.78 is 6.53. The number of benzene rings is 1. The smallest absolute Gasteiger partial charge is 0.135 e. The van der Waals surface area contributed by atoms with E-state index in [4.69, 9.17) is 4.42 Å². The van der Waals surface area contributed by atoms with Crippen molar-refractivity contribution in [1.29, 1.82) is 0 Å². The Hall–Kier alpha value is -0.510. The molecule has 0 aliphatic heterocycles. The van der Waals surface area contributed by atoms with Crippen molar-refractivity contribution in [3.63, 3.8) is 0 Å². The van der Waals surface area contributed by atoms with Gasteiger partial charge in [0.15, 0.2) is 0 Å². The van der Waals surface area contributed by atoms with Crippen molar-refractivity contribution in [2.45, 2.75) is 6.92 Å². The lowest BCUT2D eigenvalue weighted by molar-refractivity contribution is 0.615. The van der Waals surface area contributed by atoms with Gasteiger partial charge in [0.05, 0.1) is 6.26 Å². The third-order valence-electron chi connectivity index (χ3n) is 1.67. The second kappa shape index (κ2) is 2.52. The molecule has 0 fully saturated rings. The Morgan fingerprint density at radius 3 is 3.00 bits per heavy atom. The molecule has 0 saturated carbocycles. The van der Waals surface area contributed by atoms with E-state index < -0.39 is 0 Å². The van der Waals surface area contributed by atoms with E-state index in [0.717, 1.165) is 5.58 Å². The summed E-state index contributed by atoms with van der Waals surface area (Å²) in [5, 5.41) is 1.20. The van der Waals surface area contributed by atoms with E-state index >= 15 is 0 Å². The standard InChI is InChI=1S/C9H7IO/c1-6-4-8(10)7-2-3-11-9(7)5-6/h2-5H,1H3. The normalized spacial score (nSPS) is 10.7. The topological polar surface area (TPSA) is 13.1 Å². The first-order valence-electron chi connectivity index (χ1n) is 3.41. The molecule has 0 bridgehead atoms. The molecule has 1 aromatic heterocycles. The minimum Gasteiger partial charge on any atom is -0.464 e. The van der Waals surface area contributed by atoms with Crippen molar-refractivity contribution < 1.29 is 4.42 Å². The van der Waals surface area contributed by atoms with Crippen LogP contribution >= 0.6 is 22.6 Å². The summed E-state index contributed by atoms with van der Waals surface area (Å²) in [5.74, 6) is 0. The zero-order valence-electron chi connectivity index (χ0n) is 6.10. The molecule has 56 valence electrons. The Bertz CT molecular complexity index is 389. The van der Waals surface area contributed by atoms with Crippen LogP contribution in [0.5, 0.6) is 0 Å². The van der Waals surface area contributed by atoms with Crippen LogP contribution in [0.3, 0.4) is 0 Å². The number of rotatable bonds is 0. The van der Waals surface area contributed by atoms with Crippen molar-refractivity contribution in [3.8, 4) is 0 Å². The van der Waals surface area contributed by atoms with Gasteiger partial charge in [0.1, 0.15) is 5.58 Å². The van der Waals surface area contributed by atoms with E-state index in [1.54, 1.807) is 6.26 Å². The first kappa shape index (κ1) is 7.16. The lowest BCUT2D eigenvalue weighted by Gasteiger charge is -1.94. The first-order chi connectivity index (χ1) is 5.27. The summed E-state index contributed by atoms with van der Waals surface area (Å²) in [5.41, 5.74) is 2.23. The van der Waals surface area contributed by atoms with Crippen LogP contribution in [0, 0.1) is 10.5 Å². The average molecular weight is 258 g/mol. The minimum absolute atomic E-state index is 0.981. The van der Waals surface area contributed by atoms with Gasteiger partial charge < -0.3 is 4.42 Å². The van der Waals surface area contributed by atoms with E-state index in [0.29, 0.717) is 0 Å². The largest absolute Gasteiger partial charge is 0.464 e. The van der Waals surface area contributed by atoms with Crippen LogP contribution in [0.4, 0.5) is 0 Å². The summed E-state index contributed by atoms with van der Waals surface area (Å²) in [6.07, 6.45) is 1.73. The molecule has 0 spiro atoms. The number of furan rings is 1. The maximum atomic E-state index is 5.27. The van der Waals surface area contributed by atoms with Gasteiger partial charge in [-0.3, -0.25) is 0 Å². The molecule has 2 heteroatoms. The highest BCUT2D eigenvalue weighted by molar-refractivity contribution is 14.1. The lowest BCUT2D eigenvalue weighted by Crippen LogP contribution is -1.75. The average Bonchev–Trinajstić information content (AvgIpc) is 2.34. The number of fused-ring (bicyclic) bond motifs is 1. The highest BCUT2D eigenvalue weighted by Gasteiger charge is 2.00. The Morgan fingerprint density at radius 1 is 1.36 bits per heavy atom. The van der Waals surface area contributed by atoms with Crippen LogP contribution in [0.1, 0.15) is 5.56 Å². The van der Waals surface area contributed by atoms with Crippen LogP contribution in [-0.2, 0) is 0 Å². The molecule has 1 nitrogen and oxygen atoms in total. The number of hydrogen-bond donors (Lipinski definition) is 0. The molecule has 2 aromatic rings. The maximum absolute atomic E-state index is 5.27. The van der Waals surface area contributed by atoms with Crippen molar-refractivity contribution in [2.75, 3.05) is 0 Å². The molecule has 0 saturated heterocycles. The molecule has 1 aromatic carbocycles. The van der Waals surface area contributed by atoms with Crippen molar-refractivity contribution in [1.82, 2.24) is 0 Å². The molecule has 0 radical (unpaired) electrons. The molecule has 0 amide bonds. The minimum atomic E-state index is 0.981. The number of aryl methyl sites for hydroxylation is 1. The summed E-state index contributed by atoms with van der Waals surface area (Å²) in [7, 11) is 0. The fourth-order valence-corrected chi connectivity index (χ4v) is 2.09. The quantitative estimate of drug-likeness (QED) is 0.660. The monoisotopic (exact) mass is 258 g/mol. The maximum Gasteiger partial charge on any atom is 0.135 e. The molecule has 0 aliphatic carbocycles. The predicted octanol–water partition coefficient (Wildman–Crippen LogP) is 3.35. The highest BCUT2D eigenvalue weighted by Crippen LogP contribution is 2.22. The van der Waals surface area contributed by atoms with Crippen LogP contribution < -0.4 is 0 Å². The summed E-state index contributed by atoms with van der Waals surface area (Å²) in [6.45, 7) is 2.07. The second-order valence-electron chi connectivity index (χ2n) is 2.58. The highest BCUT2D eigenvalue weighted by atomic mass is 127.